The quantitative estimate of drug-likeness (QED) is 0.353. The predicted octanol–water partition coefficient (Wildman–Crippen LogP) is 3.58. The summed E-state index contributed by atoms with van der Waals surface area (Å²) in [7, 11) is 0. The second-order valence-corrected chi connectivity index (χ2v) is 8.96. The molecule has 40 heavy (non-hydrogen) atoms. The maximum atomic E-state index is 14.0. The molecule has 0 saturated heterocycles. The van der Waals surface area contributed by atoms with Crippen LogP contribution in [-0.4, -0.2) is 44.1 Å². The molecule has 0 unspecified atom stereocenters. The van der Waals surface area contributed by atoms with Gasteiger partial charge in [0.15, 0.2) is 0 Å². The number of rotatable bonds is 6. The summed E-state index contributed by atoms with van der Waals surface area (Å²) in [6.07, 6.45) is -3.98. The highest BCUT2D eigenvalue weighted by atomic mass is 19.4. The fourth-order valence-electron chi connectivity index (χ4n) is 4.84. The first-order valence-electron chi connectivity index (χ1n) is 12.3. The highest BCUT2D eigenvalue weighted by molar-refractivity contribution is 6.04. The van der Waals surface area contributed by atoms with E-state index >= 15 is 0 Å². The molecule has 0 spiro atoms. The average molecular weight is 554 g/mol. The number of nitrogens with one attached hydrogen (secondary N) is 1. The third-order valence-corrected chi connectivity index (χ3v) is 6.58. The van der Waals surface area contributed by atoms with Gasteiger partial charge in [0, 0.05) is 30.8 Å². The highest BCUT2D eigenvalue weighted by Gasteiger charge is 2.46. The molecular formula is C27H23F4N7O2. The van der Waals surface area contributed by atoms with Crippen LogP contribution in [0.15, 0.2) is 66.9 Å². The summed E-state index contributed by atoms with van der Waals surface area (Å²) < 4.78 is 55.1. The topological polar surface area (TPSA) is 119 Å². The molecule has 3 N–H and O–H groups in total. The first kappa shape index (κ1) is 26.9. The van der Waals surface area contributed by atoms with Crippen molar-refractivity contribution in [1.82, 2.24) is 25.1 Å². The number of alkyl halides is 3. The summed E-state index contributed by atoms with van der Waals surface area (Å²) in [5, 5.41) is 7.22. The first-order chi connectivity index (χ1) is 19.1. The summed E-state index contributed by atoms with van der Waals surface area (Å²) in [5.74, 6) is -3.39. The number of amides is 2. The Morgan fingerprint density at radius 3 is 2.40 bits per heavy atom. The summed E-state index contributed by atoms with van der Waals surface area (Å²) in [6.45, 7) is 1.89. The second-order valence-electron chi connectivity index (χ2n) is 8.96. The number of hydrogen-bond donors (Lipinski definition) is 2. The standard InChI is InChI=1S/C27H23F4N7O2/c1-2-37-25-21(18(14-32)36-38(25)17-6-4-3-5-7-17)20(15-8-10-16(28)11-9-15)22(26(37)40)35-24(39)23-33-13-12-19(34-23)27(29,30)31/h3-13,20,22H,2,14,32H2,1H3,(H,35,39)/t20-,22+/m1/s1. The lowest BCUT2D eigenvalue weighted by Gasteiger charge is -2.38. The van der Waals surface area contributed by atoms with Gasteiger partial charge in [-0.2, -0.15) is 18.3 Å². The number of likely N-dealkylation sites (N-methyl/N-ethyl adjacent to an activating group) is 1. The third kappa shape index (κ3) is 4.79. The van der Waals surface area contributed by atoms with Gasteiger partial charge in [0.2, 0.25) is 5.82 Å². The number of anilines is 1. The van der Waals surface area contributed by atoms with Gasteiger partial charge in [-0.1, -0.05) is 30.3 Å². The number of nitrogens with zero attached hydrogens (tertiary/aromatic N) is 5. The Morgan fingerprint density at radius 2 is 1.77 bits per heavy atom. The molecule has 9 nitrogen and oxygen atoms in total. The Morgan fingerprint density at radius 1 is 1.07 bits per heavy atom. The molecule has 2 aromatic heterocycles. The van der Waals surface area contributed by atoms with Gasteiger partial charge < -0.3 is 11.1 Å². The zero-order valence-electron chi connectivity index (χ0n) is 21.1. The highest BCUT2D eigenvalue weighted by Crippen LogP contribution is 2.43. The van der Waals surface area contributed by atoms with Gasteiger partial charge in [0.1, 0.15) is 23.4 Å². The van der Waals surface area contributed by atoms with Crippen LogP contribution in [0.1, 0.15) is 46.0 Å². The molecule has 0 radical (unpaired) electrons. The van der Waals surface area contributed by atoms with Crippen molar-refractivity contribution in [2.24, 2.45) is 5.73 Å². The van der Waals surface area contributed by atoms with Crippen LogP contribution < -0.4 is 16.0 Å². The van der Waals surface area contributed by atoms with Crippen LogP contribution in [0.4, 0.5) is 23.4 Å². The van der Waals surface area contributed by atoms with Crippen molar-refractivity contribution >= 4 is 17.6 Å². The van der Waals surface area contributed by atoms with Crippen molar-refractivity contribution in [2.45, 2.75) is 31.6 Å². The molecule has 0 bridgehead atoms. The van der Waals surface area contributed by atoms with Crippen molar-refractivity contribution in [1.29, 1.82) is 0 Å². The van der Waals surface area contributed by atoms with Gasteiger partial charge in [-0.3, -0.25) is 14.5 Å². The van der Waals surface area contributed by atoms with Gasteiger partial charge in [0.05, 0.1) is 11.4 Å². The molecule has 0 aliphatic carbocycles. The number of benzene rings is 2. The predicted molar refractivity (Wildman–Crippen MR) is 136 cm³/mol. The maximum absolute atomic E-state index is 14.0. The van der Waals surface area contributed by atoms with Crippen LogP contribution in [-0.2, 0) is 17.5 Å². The van der Waals surface area contributed by atoms with E-state index in [2.05, 4.69) is 20.4 Å². The van der Waals surface area contributed by atoms with E-state index in [1.165, 1.54) is 29.2 Å². The van der Waals surface area contributed by atoms with Crippen LogP contribution in [0, 0.1) is 5.82 Å². The van der Waals surface area contributed by atoms with Crippen LogP contribution in [0.3, 0.4) is 0 Å². The van der Waals surface area contributed by atoms with Crippen molar-refractivity contribution in [3.63, 3.8) is 0 Å². The zero-order chi connectivity index (χ0) is 28.6. The summed E-state index contributed by atoms with van der Waals surface area (Å²) >= 11 is 0. The smallest absolute Gasteiger partial charge is 0.337 e. The van der Waals surface area contributed by atoms with Crippen LogP contribution in [0.2, 0.25) is 0 Å². The van der Waals surface area contributed by atoms with Gasteiger partial charge in [0.25, 0.3) is 11.8 Å². The third-order valence-electron chi connectivity index (χ3n) is 6.58. The molecule has 2 aromatic carbocycles. The molecule has 5 rings (SSSR count). The van der Waals surface area contributed by atoms with Gasteiger partial charge in [-0.05, 0) is 42.8 Å². The van der Waals surface area contributed by atoms with Crippen molar-refractivity contribution < 1.29 is 27.2 Å². The number of hydrogen-bond acceptors (Lipinski definition) is 6. The Bertz CT molecular complexity index is 1560. The molecule has 2 atom stereocenters. The van der Waals surface area contributed by atoms with E-state index in [1.807, 2.05) is 18.2 Å². The molecule has 4 aromatic rings. The minimum Gasteiger partial charge on any atom is -0.337 e. The largest absolute Gasteiger partial charge is 0.433 e. The Kier molecular flexibility index (Phi) is 7.06. The molecule has 3 heterocycles. The Balaban J connectivity index is 1.67. The molecule has 13 heteroatoms. The number of carbonyl (C=O) groups is 2. The summed E-state index contributed by atoms with van der Waals surface area (Å²) in [6, 6.07) is 13.7. The van der Waals surface area contributed by atoms with Gasteiger partial charge >= 0.3 is 6.18 Å². The molecule has 0 saturated carbocycles. The summed E-state index contributed by atoms with van der Waals surface area (Å²) in [5.41, 5.74) is 6.86. The lowest BCUT2D eigenvalue weighted by molar-refractivity contribution is -0.141. The van der Waals surface area contributed by atoms with Crippen LogP contribution in [0.25, 0.3) is 5.69 Å². The number of fused-ring (bicyclic) bond motifs is 1. The van der Waals surface area contributed by atoms with E-state index in [1.54, 1.807) is 23.7 Å². The normalized spacial score (nSPS) is 17.1. The van der Waals surface area contributed by atoms with E-state index < -0.39 is 47.3 Å². The van der Waals surface area contributed by atoms with E-state index in [-0.39, 0.29) is 13.1 Å². The fourth-order valence-corrected chi connectivity index (χ4v) is 4.84. The molecule has 2 amide bonds. The molecule has 1 aliphatic heterocycles. The molecule has 0 fully saturated rings. The SMILES string of the molecule is CCN1C(=O)[C@@H](NC(=O)c2nccc(C(F)(F)F)n2)[C@H](c2ccc(F)cc2)c2c(CN)nn(-c3ccccc3)c21. The van der Waals surface area contributed by atoms with E-state index in [9.17, 15) is 27.2 Å². The monoisotopic (exact) mass is 553 g/mol. The number of aromatic nitrogens is 4. The van der Waals surface area contributed by atoms with Crippen LogP contribution >= 0.6 is 0 Å². The maximum Gasteiger partial charge on any atom is 0.433 e. The van der Waals surface area contributed by atoms with E-state index in [4.69, 9.17) is 5.73 Å². The van der Waals surface area contributed by atoms with Crippen molar-refractivity contribution in [3.05, 3.63) is 101 Å². The number of para-hydroxylation sites is 1. The fraction of sp³-hybridized carbons (Fsp3) is 0.222. The van der Waals surface area contributed by atoms with Crippen LogP contribution in [0.5, 0.6) is 0 Å². The zero-order valence-corrected chi connectivity index (χ0v) is 21.1. The van der Waals surface area contributed by atoms with E-state index in [0.717, 1.165) is 6.20 Å². The van der Waals surface area contributed by atoms with E-state index in [0.29, 0.717) is 34.4 Å². The average Bonchev–Trinajstić information content (AvgIpc) is 3.33. The Labute approximate surface area is 225 Å². The molecular weight excluding hydrogens is 530 g/mol. The minimum atomic E-state index is -4.80. The lowest BCUT2D eigenvalue weighted by atomic mass is 9.81. The number of carbonyl (C=O) groups excluding carboxylic acids is 2. The van der Waals surface area contributed by atoms with Gasteiger partial charge in [-0.25, -0.2) is 19.0 Å². The minimum absolute atomic E-state index is 0.0248. The number of halogens is 4. The van der Waals surface area contributed by atoms with Crippen molar-refractivity contribution in [3.8, 4) is 5.69 Å². The lowest BCUT2D eigenvalue weighted by Crippen LogP contribution is -2.55. The summed E-state index contributed by atoms with van der Waals surface area (Å²) in [4.78, 5) is 35.6. The van der Waals surface area contributed by atoms with Crippen molar-refractivity contribution in [2.75, 3.05) is 11.4 Å². The first-order valence-corrected chi connectivity index (χ1v) is 12.3. The molecule has 206 valence electrons. The van der Waals surface area contributed by atoms with Gasteiger partial charge in [-0.15, -0.1) is 0 Å². The molecule has 1 aliphatic rings. The second kappa shape index (κ2) is 10.5. The number of nitrogens with two attached hydrogens (primary N) is 1. The Hall–Kier alpha value is -4.65.